The monoisotopic (exact) mass is 287 g/mol. The van der Waals surface area contributed by atoms with E-state index in [0.29, 0.717) is 16.8 Å². The molecule has 2 rings (SSSR count). The first-order chi connectivity index (χ1) is 9.44. The maximum absolute atomic E-state index is 12.3. The van der Waals surface area contributed by atoms with Crippen molar-refractivity contribution < 1.29 is 8.42 Å². The van der Waals surface area contributed by atoms with Gasteiger partial charge in [-0.05, 0) is 42.8 Å². The first-order valence-electron chi connectivity index (χ1n) is 5.82. The van der Waals surface area contributed by atoms with E-state index in [-0.39, 0.29) is 10.6 Å². The van der Waals surface area contributed by atoms with Crippen LogP contribution in [0.25, 0.3) is 0 Å². The number of aryl methyl sites for hydroxylation is 1. The van der Waals surface area contributed by atoms with Crippen molar-refractivity contribution in [2.24, 2.45) is 0 Å². The molecule has 0 saturated carbocycles. The van der Waals surface area contributed by atoms with Crippen LogP contribution in [0.5, 0.6) is 0 Å². The van der Waals surface area contributed by atoms with E-state index >= 15 is 0 Å². The summed E-state index contributed by atoms with van der Waals surface area (Å²) in [4.78, 5) is 0.0735. The van der Waals surface area contributed by atoms with Gasteiger partial charge in [-0.2, -0.15) is 5.26 Å². The number of benzene rings is 2. The van der Waals surface area contributed by atoms with Crippen LogP contribution in [0.3, 0.4) is 0 Å². The van der Waals surface area contributed by atoms with Crippen molar-refractivity contribution in [1.82, 2.24) is 0 Å². The number of nitrogen functional groups attached to an aromatic ring is 1. The lowest BCUT2D eigenvalue weighted by Crippen LogP contribution is -2.16. The number of nitrogens with two attached hydrogens (primary N) is 1. The van der Waals surface area contributed by atoms with Gasteiger partial charge in [-0.1, -0.05) is 12.1 Å². The first-order valence-corrected chi connectivity index (χ1v) is 7.30. The molecule has 0 amide bonds. The molecule has 0 aliphatic carbocycles. The Kier molecular flexibility index (Phi) is 3.63. The summed E-state index contributed by atoms with van der Waals surface area (Å²) >= 11 is 0. The maximum atomic E-state index is 12.3. The van der Waals surface area contributed by atoms with Gasteiger partial charge in [-0.3, -0.25) is 4.72 Å². The van der Waals surface area contributed by atoms with Gasteiger partial charge in [-0.15, -0.1) is 0 Å². The summed E-state index contributed by atoms with van der Waals surface area (Å²) in [6.45, 7) is 1.68. The summed E-state index contributed by atoms with van der Waals surface area (Å²) in [6.07, 6.45) is 0. The third kappa shape index (κ3) is 2.73. The summed E-state index contributed by atoms with van der Waals surface area (Å²) in [5.41, 5.74) is 7.36. The fourth-order valence-corrected chi connectivity index (χ4v) is 3.28. The van der Waals surface area contributed by atoms with E-state index in [1.165, 1.54) is 12.1 Å². The van der Waals surface area contributed by atoms with Crippen LogP contribution in [0.15, 0.2) is 47.4 Å². The van der Waals surface area contributed by atoms with Crippen molar-refractivity contribution >= 4 is 21.4 Å². The zero-order valence-electron chi connectivity index (χ0n) is 10.8. The molecule has 2 aromatic rings. The van der Waals surface area contributed by atoms with Crippen molar-refractivity contribution in [3.8, 4) is 6.07 Å². The molecule has 0 heterocycles. The van der Waals surface area contributed by atoms with Crippen LogP contribution < -0.4 is 10.5 Å². The second-order valence-electron chi connectivity index (χ2n) is 4.29. The highest BCUT2D eigenvalue weighted by atomic mass is 32.2. The van der Waals surface area contributed by atoms with Gasteiger partial charge in [-0.25, -0.2) is 8.42 Å². The van der Waals surface area contributed by atoms with Crippen LogP contribution in [0.2, 0.25) is 0 Å². The number of hydrogen-bond acceptors (Lipinski definition) is 4. The smallest absolute Gasteiger partial charge is 0.264 e. The lowest BCUT2D eigenvalue weighted by molar-refractivity contribution is 0.601. The zero-order chi connectivity index (χ0) is 14.8. The molecular formula is C14H13N3O2S. The third-order valence-electron chi connectivity index (χ3n) is 2.78. The number of rotatable bonds is 3. The summed E-state index contributed by atoms with van der Waals surface area (Å²) in [6, 6.07) is 13.0. The predicted octanol–water partition coefficient (Wildman–Crippen LogP) is 2.25. The predicted molar refractivity (Wildman–Crippen MR) is 77.6 cm³/mol. The second-order valence-corrected chi connectivity index (χ2v) is 5.91. The quantitative estimate of drug-likeness (QED) is 0.846. The van der Waals surface area contributed by atoms with Gasteiger partial charge < -0.3 is 5.73 Å². The highest BCUT2D eigenvalue weighted by Crippen LogP contribution is 2.24. The Balaban J connectivity index is 2.39. The summed E-state index contributed by atoms with van der Waals surface area (Å²) < 4.78 is 27.1. The van der Waals surface area contributed by atoms with Gasteiger partial charge >= 0.3 is 0 Å². The minimum atomic E-state index is -3.75. The zero-order valence-corrected chi connectivity index (χ0v) is 11.6. The second kappa shape index (κ2) is 5.23. The fourth-order valence-electron chi connectivity index (χ4n) is 1.86. The highest BCUT2D eigenvalue weighted by molar-refractivity contribution is 7.93. The van der Waals surface area contributed by atoms with Crippen molar-refractivity contribution in [2.45, 2.75) is 11.8 Å². The molecule has 0 unspecified atom stereocenters. The van der Waals surface area contributed by atoms with Gasteiger partial charge in [0.1, 0.15) is 4.90 Å². The number of hydrogen-bond donors (Lipinski definition) is 2. The van der Waals surface area contributed by atoms with Gasteiger partial charge in [0.05, 0.1) is 17.3 Å². The molecule has 0 bridgehead atoms. The molecule has 3 N–H and O–H groups in total. The molecule has 0 atom stereocenters. The standard InChI is InChI=1S/C14H13N3O2S/c1-10-3-2-4-13(16)14(10)20(18,19)17-12-7-5-11(9-15)6-8-12/h2-8,17H,16H2,1H3. The van der Waals surface area contributed by atoms with Crippen molar-refractivity contribution in [3.05, 3.63) is 53.6 Å². The van der Waals surface area contributed by atoms with Gasteiger partial charge in [0.15, 0.2) is 0 Å². The summed E-state index contributed by atoms with van der Waals surface area (Å²) in [7, 11) is -3.75. The van der Waals surface area contributed by atoms with Crippen LogP contribution in [-0.2, 0) is 10.0 Å². The molecular weight excluding hydrogens is 274 g/mol. The van der Waals surface area contributed by atoms with Crippen molar-refractivity contribution in [2.75, 3.05) is 10.5 Å². The number of nitrogens with zero attached hydrogens (tertiary/aromatic N) is 1. The van der Waals surface area contributed by atoms with Gasteiger partial charge in [0.2, 0.25) is 0 Å². The van der Waals surface area contributed by atoms with Crippen LogP contribution in [0, 0.1) is 18.3 Å². The Hall–Kier alpha value is -2.52. The molecule has 2 aromatic carbocycles. The highest BCUT2D eigenvalue weighted by Gasteiger charge is 2.19. The average molecular weight is 287 g/mol. The number of sulfonamides is 1. The lowest BCUT2D eigenvalue weighted by Gasteiger charge is -2.12. The summed E-state index contributed by atoms with van der Waals surface area (Å²) in [5.74, 6) is 0. The lowest BCUT2D eigenvalue weighted by atomic mass is 10.2. The van der Waals surface area contributed by atoms with Crippen LogP contribution in [-0.4, -0.2) is 8.42 Å². The molecule has 5 nitrogen and oxygen atoms in total. The van der Waals surface area contributed by atoms with Crippen LogP contribution in [0.4, 0.5) is 11.4 Å². The van der Waals surface area contributed by atoms with E-state index < -0.39 is 10.0 Å². The summed E-state index contributed by atoms with van der Waals surface area (Å²) in [5, 5.41) is 8.71. The normalized spacial score (nSPS) is 10.8. The van der Waals surface area contributed by atoms with Crippen molar-refractivity contribution in [1.29, 1.82) is 5.26 Å². The SMILES string of the molecule is Cc1cccc(N)c1S(=O)(=O)Nc1ccc(C#N)cc1. The Morgan fingerprint density at radius 2 is 1.80 bits per heavy atom. The van der Waals surface area contributed by atoms with E-state index in [4.69, 9.17) is 11.0 Å². The number of nitrogens with one attached hydrogen (secondary N) is 1. The van der Waals surface area contributed by atoms with Crippen molar-refractivity contribution in [3.63, 3.8) is 0 Å². The third-order valence-corrected chi connectivity index (χ3v) is 4.38. The van der Waals surface area contributed by atoms with E-state index in [9.17, 15) is 8.42 Å². The number of nitriles is 1. The minimum Gasteiger partial charge on any atom is -0.398 e. The van der Waals surface area contributed by atoms with E-state index in [1.54, 1.807) is 37.3 Å². The van der Waals surface area contributed by atoms with Gasteiger partial charge in [0, 0.05) is 5.69 Å². The largest absolute Gasteiger partial charge is 0.398 e. The van der Waals surface area contributed by atoms with E-state index in [0.717, 1.165) is 0 Å². The average Bonchev–Trinajstić information content (AvgIpc) is 2.38. The molecule has 0 fully saturated rings. The molecule has 6 heteroatoms. The molecule has 20 heavy (non-hydrogen) atoms. The fraction of sp³-hybridized carbons (Fsp3) is 0.0714. The van der Waals surface area contributed by atoms with E-state index in [2.05, 4.69) is 4.72 Å². The van der Waals surface area contributed by atoms with Crippen LogP contribution >= 0.6 is 0 Å². The Labute approximate surface area is 117 Å². The molecule has 0 spiro atoms. The maximum Gasteiger partial charge on any atom is 0.264 e. The van der Waals surface area contributed by atoms with Crippen LogP contribution in [0.1, 0.15) is 11.1 Å². The van der Waals surface area contributed by atoms with E-state index in [1.807, 2.05) is 6.07 Å². The molecule has 0 aliphatic rings. The minimum absolute atomic E-state index is 0.0735. The molecule has 102 valence electrons. The topological polar surface area (TPSA) is 96.0 Å². The molecule has 0 saturated heterocycles. The number of anilines is 2. The first kappa shape index (κ1) is 13.9. The Bertz CT molecular complexity index is 755. The molecule has 0 aromatic heterocycles. The van der Waals surface area contributed by atoms with Gasteiger partial charge in [0.25, 0.3) is 10.0 Å². The Morgan fingerprint density at radius 1 is 1.15 bits per heavy atom. The Morgan fingerprint density at radius 3 is 2.35 bits per heavy atom. The molecule has 0 radical (unpaired) electrons. The molecule has 0 aliphatic heterocycles.